The first-order valence-electron chi connectivity index (χ1n) is 8.27. The minimum absolute atomic E-state index is 0.813. The number of hydrogen-bond acceptors (Lipinski definition) is 2. The van der Waals surface area contributed by atoms with Crippen molar-refractivity contribution in [2.45, 2.75) is 77.3 Å². The number of nitrogens with zero attached hydrogens (tertiary/aromatic N) is 1. The average Bonchev–Trinajstić information content (AvgIpc) is 3.09. The van der Waals surface area contributed by atoms with Gasteiger partial charge in [0.15, 0.2) is 0 Å². The van der Waals surface area contributed by atoms with Gasteiger partial charge in [0.1, 0.15) is 0 Å². The molecule has 0 spiro atoms. The maximum absolute atomic E-state index is 3.69. The van der Waals surface area contributed by atoms with Crippen LogP contribution in [-0.2, 0) is 0 Å². The molecule has 0 radical (unpaired) electrons. The molecule has 0 aromatic carbocycles. The van der Waals surface area contributed by atoms with Crippen molar-refractivity contribution in [2.75, 3.05) is 19.6 Å². The number of likely N-dealkylation sites (tertiary alicyclic amines) is 1. The predicted octanol–water partition coefficient (Wildman–Crippen LogP) is 3.42. The molecule has 2 fully saturated rings. The first kappa shape index (κ1) is 14.3. The monoisotopic (exact) mass is 252 g/mol. The Hall–Kier alpha value is -0.0800. The SMILES string of the molecule is CCCCCCC(C)N1CCC(CNC2CC2)C1. The fourth-order valence-corrected chi connectivity index (χ4v) is 3.10. The quantitative estimate of drug-likeness (QED) is 0.633. The van der Waals surface area contributed by atoms with E-state index in [1.54, 1.807) is 0 Å². The summed E-state index contributed by atoms with van der Waals surface area (Å²) >= 11 is 0. The van der Waals surface area contributed by atoms with Gasteiger partial charge in [-0.3, -0.25) is 0 Å². The molecule has 1 saturated carbocycles. The van der Waals surface area contributed by atoms with E-state index in [2.05, 4.69) is 24.1 Å². The van der Waals surface area contributed by atoms with Gasteiger partial charge in [-0.2, -0.15) is 0 Å². The summed E-state index contributed by atoms with van der Waals surface area (Å²) in [6.45, 7) is 8.67. The summed E-state index contributed by atoms with van der Waals surface area (Å²) in [5.41, 5.74) is 0. The predicted molar refractivity (Wildman–Crippen MR) is 78.9 cm³/mol. The molecule has 2 atom stereocenters. The van der Waals surface area contributed by atoms with E-state index in [1.165, 1.54) is 71.0 Å². The van der Waals surface area contributed by atoms with Crippen molar-refractivity contribution in [1.82, 2.24) is 10.2 Å². The van der Waals surface area contributed by atoms with Crippen molar-refractivity contribution < 1.29 is 0 Å². The molecule has 2 aliphatic rings. The number of nitrogens with one attached hydrogen (secondary N) is 1. The van der Waals surface area contributed by atoms with Crippen molar-refractivity contribution in [2.24, 2.45) is 5.92 Å². The van der Waals surface area contributed by atoms with Gasteiger partial charge < -0.3 is 10.2 Å². The summed E-state index contributed by atoms with van der Waals surface area (Å²) in [6.07, 6.45) is 11.3. The first-order valence-corrected chi connectivity index (χ1v) is 8.27. The highest BCUT2D eigenvalue weighted by Gasteiger charge is 2.27. The van der Waals surface area contributed by atoms with Crippen LogP contribution in [0.1, 0.15) is 65.2 Å². The van der Waals surface area contributed by atoms with Crippen LogP contribution in [0.25, 0.3) is 0 Å². The van der Waals surface area contributed by atoms with Crippen LogP contribution in [0.2, 0.25) is 0 Å². The van der Waals surface area contributed by atoms with Crippen LogP contribution >= 0.6 is 0 Å². The van der Waals surface area contributed by atoms with Crippen LogP contribution in [0.4, 0.5) is 0 Å². The summed E-state index contributed by atoms with van der Waals surface area (Å²) in [5, 5.41) is 3.69. The Morgan fingerprint density at radius 3 is 2.72 bits per heavy atom. The average molecular weight is 252 g/mol. The zero-order valence-electron chi connectivity index (χ0n) is 12.5. The van der Waals surface area contributed by atoms with Crippen LogP contribution in [0.15, 0.2) is 0 Å². The Morgan fingerprint density at radius 1 is 1.17 bits per heavy atom. The van der Waals surface area contributed by atoms with Crippen LogP contribution in [-0.4, -0.2) is 36.6 Å². The van der Waals surface area contributed by atoms with Crippen molar-refractivity contribution in [1.29, 1.82) is 0 Å². The highest BCUT2D eigenvalue weighted by atomic mass is 15.2. The second-order valence-electron chi connectivity index (χ2n) is 6.53. The van der Waals surface area contributed by atoms with Gasteiger partial charge in [0.2, 0.25) is 0 Å². The largest absolute Gasteiger partial charge is 0.314 e. The van der Waals surface area contributed by atoms with Gasteiger partial charge >= 0.3 is 0 Å². The van der Waals surface area contributed by atoms with E-state index in [4.69, 9.17) is 0 Å². The molecule has 18 heavy (non-hydrogen) atoms. The van der Waals surface area contributed by atoms with Gasteiger partial charge in [-0.05, 0) is 51.6 Å². The summed E-state index contributed by atoms with van der Waals surface area (Å²) in [4.78, 5) is 2.73. The molecular formula is C16H32N2. The lowest BCUT2D eigenvalue weighted by molar-refractivity contribution is 0.232. The second-order valence-corrected chi connectivity index (χ2v) is 6.53. The Bertz CT molecular complexity index is 225. The van der Waals surface area contributed by atoms with E-state index in [0.717, 1.165) is 18.0 Å². The summed E-state index contributed by atoms with van der Waals surface area (Å²) in [7, 11) is 0. The third-order valence-electron chi connectivity index (χ3n) is 4.69. The molecule has 1 aliphatic carbocycles. The van der Waals surface area contributed by atoms with E-state index >= 15 is 0 Å². The first-order chi connectivity index (χ1) is 8.79. The van der Waals surface area contributed by atoms with Gasteiger partial charge in [0.25, 0.3) is 0 Å². The van der Waals surface area contributed by atoms with E-state index < -0.39 is 0 Å². The fourth-order valence-electron chi connectivity index (χ4n) is 3.10. The zero-order chi connectivity index (χ0) is 12.8. The van der Waals surface area contributed by atoms with Crippen molar-refractivity contribution in [3.63, 3.8) is 0 Å². The molecule has 1 aliphatic heterocycles. The minimum atomic E-state index is 0.813. The summed E-state index contributed by atoms with van der Waals surface area (Å²) in [6, 6.07) is 1.69. The second kappa shape index (κ2) is 7.49. The molecule has 106 valence electrons. The van der Waals surface area contributed by atoms with Gasteiger partial charge in [0.05, 0.1) is 0 Å². The molecule has 0 amide bonds. The highest BCUT2D eigenvalue weighted by molar-refractivity contribution is 4.85. The van der Waals surface area contributed by atoms with E-state index in [9.17, 15) is 0 Å². The van der Waals surface area contributed by atoms with Crippen LogP contribution < -0.4 is 5.32 Å². The van der Waals surface area contributed by atoms with E-state index in [0.29, 0.717) is 0 Å². The van der Waals surface area contributed by atoms with E-state index in [1.807, 2.05) is 0 Å². The van der Waals surface area contributed by atoms with Crippen LogP contribution in [0, 0.1) is 5.92 Å². The number of unbranched alkanes of at least 4 members (excludes halogenated alkanes) is 3. The van der Waals surface area contributed by atoms with Gasteiger partial charge in [-0.25, -0.2) is 0 Å². The maximum Gasteiger partial charge on any atom is 0.00683 e. The molecule has 2 rings (SSSR count). The maximum atomic E-state index is 3.69. The molecule has 2 nitrogen and oxygen atoms in total. The Labute approximate surface area is 114 Å². The Kier molecular flexibility index (Phi) is 5.97. The molecule has 0 bridgehead atoms. The molecule has 1 heterocycles. The fraction of sp³-hybridized carbons (Fsp3) is 1.00. The van der Waals surface area contributed by atoms with Gasteiger partial charge in [-0.15, -0.1) is 0 Å². The van der Waals surface area contributed by atoms with E-state index in [-0.39, 0.29) is 0 Å². The lowest BCUT2D eigenvalue weighted by Gasteiger charge is -2.24. The van der Waals surface area contributed by atoms with Crippen molar-refractivity contribution in [3.05, 3.63) is 0 Å². The molecule has 0 aromatic heterocycles. The summed E-state index contributed by atoms with van der Waals surface area (Å²) < 4.78 is 0. The topological polar surface area (TPSA) is 15.3 Å². The van der Waals surface area contributed by atoms with Gasteiger partial charge in [0, 0.05) is 18.6 Å². The third-order valence-corrected chi connectivity index (χ3v) is 4.69. The molecule has 1 saturated heterocycles. The Balaban J connectivity index is 1.55. The Morgan fingerprint density at radius 2 is 2.00 bits per heavy atom. The summed E-state index contributed by atoms with van der Waals surface area (Å²) in [5.74, 6) is 0.920. The lowest BCUT2D eigenvalue weighted by Crippen LogP contribution is -2.33. The molecular weight excluding hydrogens is 220 g/mol. The molecule has 2 unspecified atom stereocenters. The molecule has 2 heteroatoms. The van der Waals surface area contributed by atoms with Crippen LogP contribution in [0.3, 0.4) is 0 Å². The third kappa shape index (κ3) is 4.89. The number of rotatable bonds is 9. The smallest absolute Gasteiger partial charge is 0.00683 e. The van der Waals surface area contributed by atoms with Crippen LogP contribution in [0.5, 0.6) is 0 Å². The lowest BCUT2D eigenvalue weighted by atomic mass is 10.1. The zero-order valence-corrected chi connectivity index (χ0v) is 12.5. The van der Waals surface area contributed by atoms with Crippen molar-refractivity contribution >= 4 is 0 Å². The highest BCUT2D eigenvalue weighted by Crippen LogP contribution is 2.23. The number of hydrogen-bond donors (Lipinski definition) is 1. The van der Waals surface area contributed by atoms with Gasteiger partial charge in [-0.1, -0.05) is 32.6 Å². The normalized spacial score (nSPS) is 26.7. The molecule has 0 aromatic rings. The minimum Gasteiger partial charge on any atom is -0.314 e. The van der Waals surface area contributed by atoms with Crippen molar-refractivity contribution in [3.8, 4) is 0 Å². The standard InChI is InChI=1S/C16H32N2/c1-3-4-5-6-7-14(2)18-11-10-15(13-18)12-17-16-8-9-16/h14-17H,3-13H2,1-2H3. The molecule has 1 N–H and O–H groups in total.